The highest BCUT2D eigenvalue weighted by molar-refractivity contribution is 6.30. The topological polar surface area (TPSA) is 76.3 Å². The molecule has 1 heterocycles. The van der Waals surface area contributed by atoms with Crippen LogP contribution in [0.1, 0.15) is 5.56 Å². The number of hydrogen-bond acceptors (Lipinski definition) is 4. The van der Waals surface area contributed by atoms with E-state index in [1.807, 2.05) is 0 Å². The van der Waals surface area contributed by atoms with Crippen molar-refractivity contribution in [3.63, 3.8) is 0 Å². The van der Waals surface area contributed by atoms with E-state index in [2.05, 4.69) is 4.98 Å². The van der Waals surface area contributed by atoms with Crippen molar-refractivity contribution in [1.29, 1.82) is 0 Å². The highest BCUT2D eigenvalue weighted by Gasteiger charge is 2.22. The van der Waals surface area contributed by atoms with E-state index in [0.29, 0.717) is 0 Å². The van der Waals surface area contributed by atoms with Gasteiger partial charge in [-0.05, 0) is 41.1 Å². The lowest BCUT2D eigenvalue weighted by Gasteiger charge is -2.04. The molecule has 5 nitrogen and oxygen atoms in total. The summed E-state index contributed by atoms with van der Waals surface area (Å²) in [7, 11) is 0. The van der Waals surface area contributed by atoms with Gasteiger partial charge in [-0.15, -0.1) is 0 Å². The minimum Gasteiger partial charge on any atom is -0.501 e. The first-order chi connectivity index (χ1) is 8.90. The summed E-state index contributed by atoms with van der Waals surface area (Å²) >= 11 is 5.76. The molecule has 0 atom stereocenters. The molecule has 0 saturated heterocycles. The zero-order chi connectivity index (χ0) is 14.2. The summed E-state index contributed by atoms with van der Waals surface area (Å²) in [4.78, 5) is 13.6. The average molecular weight is 283 g/mol. The molecule has 0 spiro atoms. The van der Waals surface area contributed by atoms with E-state index in [4.69, 9.17) is 11.6 Å². The number of benzene rings is 1. The van der Waals surface area contributed by atoms with Crippen LogP contribution >= 0.6 is 11.6 Å². The third-order valence-electron chi connectivity index (χ3n) is 2.54. The van der Waals surface area contributed by atoms with E-state index in [1.54, 1.807) is 0 Å². The van der Waals surface area contributed by atoms with Gasteiger partial charge in [0.2, 0.25) is 5.75 Å². The Balaban J connectivity index is 2.69. The summed E-state index contributed by atoms with van der Waals surface area (Å²) in [5, 5.41) is 20.6. The van der Waals surface area contributed by atoms with Crippen LogP contribution in [0, 0.1) is 22.9 Å². The lowest BCUT2D eigenvalue weighted by atomic mass is 10.1. The van der Waals surface area contributed by atoms with E-state index in [1.165, 1.54) is 25.1 Å². The molecule has 0 radical (unpaired) electrons. The Morgan fingerprint density at radius 1 is 1.42 bits per heavy atom. The number of halogens is 2. The van der Waals surface area contributed by atoms with Gasteiger partial charge in [0.05, 0.1) is 5.56 Å². The molecular weight excluding hydrogens is 275 g/mol. The quantitative estimate of drug-likeness (QED) is 0.676. The molecule has 7 heteroatoms. The molecule has 0 fully saturated rings. The molecule has 0 aliphatic rings. The predicted molar refractivity (Wildman–Crippen MR) is 67.7 cm³/mol. The first-order valence-electron chi connectivity index (χ1n) is 5.20. The van der Waals surface area contributed by atoms with E-state index < -0.39 is 22.3 Å². The second-order valence-electron chi connectivity index (χ2n) is 3.88. The van der Waals surface area contributed by atoms with Crippen LogP contribution in [0.15, 0.2) is 24.3 Å². The molecule has 1 aromatic carbocycles. The summed E-state index contributed by atoms with van der Waals surface area (Å²) in [6, 6.07) is 5.19. The molecule has 19 heavy (non-hydrogen) atoms. The maximum absolute atomic E-state index is 13.7. The fourth-order valence-electron chi connectivity index (χ4n) is 1.61. The van der Waals surface area contributed by atoms with Crippen LogP contribution in [-0.2, 0) is 0 Å². The largest absolute Gasteiger partial charge is 0.501 e. The first kappa shape index (κ1) is 13.2. The average Bonchev–Trinajstić information content (AvgIpc) is 2.35. The standard InChI is InChI=1S/C12H8ClFN2O3/c1-6-4-10(15-12(11(6)17)16(18)19)8-5-7(13)2-3-9(8)14/h2-5,17H,1H3. The Morgan fingerprint density at radius 3 is 2.74 bits per heavy atom. The highest BCUT2D eigenvalue weighted by Crippen LogP contribution is 2.33. The Hall–Kier alpha value is -2.21. The Bertz CT molecular complexity index is 676. The van der Waals surface area contributed by atoms with Gasteiger partial charge in [-0.1, -0.05) is 11.6 Å². The van der Waals surface area contributed by atoms with Crippen LogP contribution in [0.25, 0.3) is 11.3 Å². The van der Waals surface area contributed by atoms with E-state index in [-0.39, 0.29) is 21.8 Å². The summed E-state index contributed by atoms with van der Waals surface area (Å²) in [5.41, 5.74) is 0.316. The Morgan fingerprint density at radius 2 is 2.11 bits per heavy atom. The fourth-order valence-corrected chi connectivity index (χ4v) is 1.78. The fraction of sp³-hybridized carbons (Fsp3) is 0.0833. The number of rotatable bonds is 2. The predicted octanol–water partition coefficient (Wildman–Crippen LogP) is 3.46. The van der Waals surface area contributed by atoms with Gasteiger partial charge < -0.3 is 15.2 Å². The molecule has 98 valence electrons. The van der Waals surface area contributed by atoms with Crippen LogP contribution in [0.5, 0.6) is 5.75 Å². The van der Waals surface area contributed by atoms with E-state index >= 15 is 0 Å². The molecule has 1 aromatic heterocycles. The smallest absolute Gasteiger partial charge is 0.406 e. The molecule has 0 amide bonds. The Kier molecular flexibility index (Phi) is 3.35. The number of nitro groups is 1. The van der Waals surface area contributed by atoms with E-state index in [0.717, 1.165) is 6.07 Å². The molecule has 2 aromatic rings. The summed E-state index contributed by atoms with van der Waals surface area (Å²) in [6.45, 7) is 1.47. The summed E-state index contributed by atoms with van der Waals surface area (Å²) < 4.78 is 13.7. The van der Waals surface area contributed by atoms with Crippen LogP contribution < -0.4 is 0 Å². The number of aryl methyl sites for hydroxylation is 1. The first-order valence-corrected chi connectivity index (χ1v) is 5.58. The normalized spacial score (nSPS) is 10.5. The molecule has 1 N–H and O–H groups in total. The van der Waals surface area contributed by atoms with Crippen LogP contribution in [-0.4, -0.2) is 15.0 Å². The van der Waals surface area contributed by atoms with Gasteiger partial charge in [-0.3, -0.25) is 0 Å². The van der Waals surface area contributed by atoms with Crippen LogP contribution in [0.3, 0.4) is 0 Å². The van der Waals surface area contributed by atoms with Crippen LogP contribution in [0.4, 0.5) is 10.2 Å². The Labute approximate surface area is 112 Å². The van der Waals surface area contributed by atoms with Crippen molar-refractivity contribution in [3.05, 3.63) is 50.8 Å². The highest BCUT2D eigenvalue weighted by atomic mass is 35.5. The maximum Gasteiger partial charge on any atom is 0.406 e. The third-order valence-corrected chi connectivity index (χ3v) is 2.78. The SMILES string of the molecule is Cc1cc(-c2cc(Cl)ccc2F)nc([N+](=O)[O-])c1O. The van der Waals surface area contributed by atoms with Crippen molar-refractivity contribution in [1.82, 2.24) is 4.98 Å². The van der Waals surface area contributed by atoms with Crippen molar-refractivity contribution in [2.75, 3.05) is 0 Å². The molecule has 0 aliphatic carbocycles. The third kappa shape index (κ3) is 2.48. The molecule has 0 bridgehead atoms. The second kappa shape index (κ2) is 4.81. The molecule has 0 saturated carbocycles. The van der Waals surface area contributed by atoms with E-state index in [9.17, 15) is 19.6 Å². The summed E-state index contributed by atoms with van der Waals surface area (Å²) in [6.07, 6.45) is 0. The van der Waals surface area contributed by atoms with Gasteiger partial charge in [0.15, 0.2) is 5.69 Å². The van der Waals surface area contributed by atoms with Crippen molar-refractivity contribution in [2.24, 2.45) is 0 Å². The number of nitrogens with zero attached hydrogens (tertiary/aromatic N) is 2. The second-order valence-corrected chi connectivity index (χ2v) is 4.31. The number of pyridine rings is 1. The van der Waals surface area contributed by atoms with Crippen molar-refractivity contribution in [2.45, 2.75) is 6.92 Å². The molecule has 2 rings (SSSR count). The van der Waals surface area contributed by atoms with Crippen LogP contribution in [0.2, 0.25) is 5.02 Å². The maximum atomic E-state index is 13.7. The zero-order valence-corrected chi connectivity index (χ0v) is 10.5. The number of aromatic nitrogens is 1. The lowest BCUT2D eigenvalue weighted by Crippen LogP contribution is -1.97. The minimum absolute atomic E-state index is 0.0405. The minimum atomic E-state index is -0.825. The molecular formula is C12H8ClFN2O3. The van der Waals surface area contributed by atoms with Gasteiger partial charge in [0.25, 0.3) is 0 Å². The zero-order valence-electron chi connectivity index (χ0n) is 9.72. The molecule has 0 aliphatic heterocycles. The van der Waals surface area contributed by atoms with Gasteiger partial charge in [-0.25, -0.2) is 4.39 Å². The number of aromatic hydroxyl groups is 1. The van der Waals surface area contributed by atoms with Gasteiger partial charge >= 0.3 is 5.82 Å². The van der Waals surface area contributed by atoms with Crippen molar-refractivity contribution in [3.8, 4) is 17.0 Å². The number of hydrogen-bond donors (Lipinski definition) is 1. The van der Waals surface area contributed by atoms with Crippen molar-refractivity contribution >= 4 is 17.4 Å². The lowest BCUT2D eigenvalue weighted by molar-refractivity contribution is -0.390. The summed E-state index contributed by atoms with van der Waals surface area (Å²) in [5.74, 6) is -1.85. The van der Waals surface area contributed by atoms with Gasteiger partial charge in [-0.2, -0.15) is 0 Å². The molecule has 0 unspecified atom stereocenters. The van der Waals surface area contributed by atoms with Gasteiger partial charge in [0.1, 0.15) is 5.82 Å². The van der Waals surface area contributed by atoms with Gasteiger partial charge in [0, 0.05) is 10.6 Å². The monoisotopic (exact) mass is 282 g/mol. The van der Waals surface area contributed by atoms with Crippen molar-refractivity contribution < 1.29 is 14.4 Å².